The second-order valence-electron chi connectivity index (χ2n) is 7.72. The summed E-state index contributed by atoms with van der Waals surface area (Å²) in [6.07, 6.45) is 0.432. The highest BCUT2D eigenvalue weighted by Gasteiger charge is 2.47. The van der Waals surface area contributed by atoms with Gasteiger partial charge in [-0.25, -0.2) is 9.18 Å². The summed E-state index contributed by atoms with van der Waals surface area (Å²) in [6, 6.07) is 5.61. The second kappa shape index (κ2) is 9.43. The first-order valence-corrected chi connectivity index (χ1v) is 10.0. The molecule has 1 N–H and O–H groups in total. The number of carbonyl (C=O) groups is 3. The summed E-state index contributed by atoms with van der Waals surface area (Å²) in [7, 11) is 2.74. The molecular weight excluding hydrogens is 405 g/mol. The number of dihydropyridines is 1. The molecule has 0 saturated heterocycles. The summed E-state index contributed by atoms with van der Waals surface area (Å²) in [5.41, 5.74) is 2.31. The van der Waals surface area contributed by atoms with Gasteiger partial charge < -0.3 is 19.5 Å². The zero-order valence-electron chi connectivity index (χ0n) is 18.0. The van der Waals surface area contributed by atoms with Crippen molar-refractivity contribution in [1.29, 1.82) is 0 Å². The van der Waals surface area contributed by atoms with Gasteiger partial charge in [0.15, 0.2) is 5.78 Å². The topological polar surface area (TPSA) is 90.9 Å². The summed E-state index contributed by atoms with van der Waals surface area (Å²) in [4.78, 5) is 38.8. The van der Waals surface area contributed by atoms with Crippen LogP contribution in [0.15, 0.2) is 46.8 Å². The van der Waals surface area contributed by atoms with E-state index in [9.17, 15) is 18.8 Å². The monoisotopic (exact) mass is 431 g/mol. The van der Waals surface area contributed by atoms with Crippen LogP contribution in [0.4, 0.5) is 4.39 Å². The van der Waals surface area contributed by atoms with Crippen LogP contribution in [0.3, 0.4) is 0 Å². The first kappa shape index (κ1) is 22.7. The van der Waals surface area contributed by atoms with Crippen LogP contribution in [0.2, 0.25) is 0 Å². The van der Waals surface area contributed by atoms with E-state index in [0.717, 1.165) is 0 Å². The number of halogens is 1. The molecule has 1 aromatic carbocycles. The van der Waals surface area contributed by atoms with Gasteiger partial charge in [-0.15, -0.1) is 0 Å². The average molecular weight is 431 g/mol. The molecule has 0 radical (unpaired) electrons. The Hall–Kier alpha value is -3.00. The van der Waals surface area contributed by atoms with E-state index in [1.54, 1.807) is 6.92 Å². The maximum atomic E-state index is 13.6. The zero-order chi connectivity index (χ0) is 22.7. The third-order valence-corrected chi connectivity index (χ3v) is 5.69. The van der Waals surface area contributed by atoms with Crippen molar-refractivity contribution in [3.05, 3.63) is 58.2 Å². The van der Waals surface area contributed by atoms with E-state index in [1.165, 1.54) is 38.5 Å². The number of carbonyl (C=O) groups excluding carboxylic acids is 3. The molecule has 0 spiro atoms. The first-order chi connectivity index (χ1) is 14.8. The summed E-state index contributed by atoms with van der Waals surface area (Å²) >= 11 is 0. The van der Waals surface area contributed by atoms with Gasteiger partial charge in [0.1, 0.15) is 18.3 Å². The fourth-order valence-electron chi connectivity index (χ4n) is 4.24. The van der Waals surface area contributed by atoms with Crippen molar-refractivity contribution in [2.75, 3.05) is 27.4 Å². The minimum Gasteiger partial charge on any atom is -0.468 e. The number of rotatable bonds is 6. The number of allylic oxidation sites excluding steroid dienone is 3. The molecule has 1 aliphatic heterocycles. The van der Waals surface area contributed by atoms with E-state index in [4.69, 9.17) is 14.2 Å². The Morgan fingerprint density at radius 2 is 1.84 bits per heavy atom. The second-order valence-corrected chi connectivity index (χ2v) is 7.72. The lowest BCUT2D eigenvalue weighted by molar-refractivity contribution is -0.151. The number of esters is 2. The van der Waals surface area contributed by atoms with E-state index < -0.39 is 35.4 Å². The summed E-state index contributed by atoms with van der Waals surface area (Å²) in [6.45, 7) is 3.81. The normalized spacial score (nSPS) is 23.3. The molecule has 0 fully saturated rings. The van der Waals surface area contributed by atoms with E-state index in [1.807, 2.05) is 6.92 Å². The lowest BCUT2D eigenvalue weighted by atomic mass is 9.69. The fraction of sp³-hybridized carbons (Fsp3) is 0.435. The van der Waals surface area contributed by atoms with Crippen LogP contribution in [0.5, 0.6) is 0 Å². The quantitative estimate of drug-likeness (QED) is 0.421. The molecule has 3 rings (SSSR count). The highest BCUT2D eigenvalue weighted by molar-refractivity contribution is 6.12. The number of hydrogen-bond donors (Lipinski definition) is 1. The maximum absolute atomic E-state index is 13.6. The fourth-order valence-corrected chi connectivity index (χ4v) is 4.24. The number of ketones is 1. The molecule has 2 aliphatic rings. The Balaban J connectivity index is 2.11. The van der Waals surface area contributed by atoms with Crippen molar-refractivity contribution in [3.63, 3.8) is 0 Å². The lowest BCUT2D eigenvalue weighted by Crippen LogP contribution is -2.43. The van der Waals surface area contributed by atoms with Crippen molar-refractivity contribution < 1.29 is 33.0 Å². The smallest absolute Gasteiger partial charge is 0.336 e. The minimum absolute atomic E-state index is 0.0456. The van der Waals surface area contributed by atoms with Crippen molar-refractivity contribution in [2.24, 2.45) is 11.8 Å². The molecule has 7 nitrogen and oxygen atoms in total. The molecule has 0 amide bonds. The average Bonchev–Trinajstić information content (AvgIpc) is 2.73. The molecular formula is C23H26FNO6. The minimum atomic E-state index is -0.974. The number of Topliss-reactive ketones (excluding diaryl/α,β-unsaturated/α-hetero) is 1. The highest BCUT2D eigenvalue weighted by Crippen LogP contribution is 2.45. The van der Waals surface area contributed by atoms with Crippen molar-refractivity contribution in [3.8, 4) is 0 Å². The van der Waals surface area contributed by atoms with Crippen molar-refractivity contribution in [2.45, 2.75) is 26.2 Å². The Bertz CT molecular complexity index is 949. The number of methoxy groups -OCH3 is 2. The molecule has 166 valence electrons. The van der Waals surface area contributed by atoms with Crippen LogP contribution in [0.25, 0.3) is 0 Å². The van der Waals surface area contributed by atoms with Gasteiger partial charge in [-0.3, -0.25) is 9.59 Å². The van der Waals surface area contributed by atoms with Gasteiger partial charge in [-0.1, -0.05) is 19.1 Å². The number of nitrogens with one attached hydrogen (secondary N) is 1. The van der Waals surface area contributed by atoms with E-state index >= 15 is 0 Å². The Labute approximate surface area is 180 Å². The zero-order valence-corrected chi connectivity index (χ0v) is 18.0. The highest BCUT2D eigenvalue weighted by atomic mass is 19.1. The van der Waals surface area contributed by atoms with Crippen LogP contribution < -0.4 is 5.32 Å². The third-order valence-electron chi connectivity index (χ3n) is 5.69. The number of hydrogen-bond acceptors (Lipinski definition) is 7. The molecule has 0 bridgehead atoms. The molecule has 3 atom stereocenters. The Morgan fingerprint density at radius 3 is 2.45 bits per heavy atom. The van der Waals surface area contributed by atoms with Crippen LogP contribution in [0.1, 0.15) is 31.7 Å². The summed E-state index contributed by atoms with van der Waals surface area (Å²) in [5, 5.41) is 3.17. The van der Waals surface area contributed by atoms with E-state index in [0.29, 0.717) is 29.0 Å². The van der Waals surface area contributed by atoms with Crippen molar-refractivity contribution >= 4 is 17.7 Å². The molecule has 1 aromatic rings. The molecule has 31 heavy (non-hydrogen) atoms. The predicted octanol–water partition coefficient (Wildman–Crippen LogP) is 2.63. The lowest BCUT2D eigenvalue weighted by Gasteiger charge is -2.38. The largest absolute Gasteiger partial charge is 0.468 e. The van der Waals surface area contributed by atoms with Gasteiger partial charge in [0.25, 0.3) is 0 Å². The van der Waals surface area contributed by atoms with Crippen LogP contribution in [-0.4, -0.2) is 45.2 Å². The van der Waals surface area contributed by atoms with Gasteiger partial charge in [-0.2, -0.15) is 0 Å². The van der Waals surface area contributed by atoms with Gasteiger partial charge in [-0.05, 0) is 37.0 Å². The van der Waals surface area contributed by atoms with Crippen LogP contribution in [-0.2, 0) is 28.6 Å². The van der Waals surface area contributed by atoms with Gasteiger partial charge in [0.2, 0.25) is 0 Å². The maximum Gasteiger partial charge on any atom is 0.336 e. The molecule has 1 aliphatic carbocycles. The standard InChI is InChI=1S/C23H26FNO6/c1-12-11-16-20(21(26)17(12)22(27)30-4)19(14-5-7-15(24)8-6-14)18(13(2)25-16)23(28)31-10-9-29-3/h5-8,12,17,19,25H,9-11H2,1-4H3/t12-,17-,19+/m1/s1. The summed E-state index contributed by atoms with van der Waals surface area (Å²) < 4.78 is 28.7. The van der Waals surface area contributed by atoms with E-state index in [-0.39, 0.29) is 24.7 Å². The van der Waals surface area contributed by atoms with Crippen LogP contribution >= 0.6 is 0 Å². The van der Waals surface area contributed by atoms with Gasteiger partial charge in [0.05, 0.1) is 19.3 Å². The van der Waals surface area contributed by atoms with Gasteiger partial charge >= 0.3 is 11.9 Å². The van der Waals surface area contributed by atoms with Gasteiger partial charge in [0, 0.05) is 30.0 Å². The number of benzene rings is 1. The summed E-state index contributed by atoms with van der Waals surface area (Å²) in [5.74, 6) is -4.11. The third kappa shape index (κ3) is 4.39. The Kier molecular flexibility index (Phi) is 6.90. The SMILES string of the molecule is COCCOC(=O)C1=C(C)NC2=C(C(=O)[C@H](C(=O)OC)[C@H](C)C2)[C@H]1c1ccc(F)cc1. The van der Waals surface area contributed by atoms with E-state index in [2.05, 4.69) is 5.32 Å². The Morgan fingerprint density at radius 1 is 1.16 bits per heavy atom. The molecule has 8 heteroatoms. The predicted molar refractivity (Wildman–Crippen MR) is 109 cm³/mol. The molecule has 0 aromatic heterocycles. The first-order valence-electron chi connectivity index (χ1n) is 10.0. The van der Waals surface area contributed by atoms with Crippen molar-refractivity contribution in [1.82, 2.24) is 5.32 Å². The molecule has 0 saturated carbocycles. The van der Waals surface area contributed by atoms with Crippen LogP contribution in [0, 0.1) is 17.7 Å². The number of ether oxygens (including phenoxy) is 3. The molecule has 0 unspecified atom stereocenters. The molecule has 1 heterocycles.